The van der Waals surface area contributed by atoms with Gasteiger partial charge in [0.05, 0.1) is 0 Å². The predicted molar refractivity (Wildman–Crippen MR) is 84.6 cm³/mol. The Morgan fingerprint density at radius 3 is 1.80 bits per heavy atom. The van der Waals surface area contributed by atoms with Crippen molar-refractivity contribution in [3.63, 3.8) is 0 Å². The Morgan fingerprint density at radius 2 is 1.35 bits per heavy atom. The summed E-state index contributed by atoms with van der Waals surface area (Å²) in [4.78, 5) is 0. The molecule has 0 aromatic rings. The second-order valence-electron chi connectivity index (χ2n) is 9.07. The van der Waals surface area contributed by atoms with Crippen LogP contribution in [0.2, 0.25) is 0 Å². The van der Waals surface area contributed by atoms with E-state index in [1.54, 1.807) is 38.5 Å². The third-order valence-electron chi connectivity index (χ3n) is 7.59. The van der Waals surface area contributed by atoms with Crippen LogP contribution in [-0.4, -0.2) is 13.1 Å². The number of hydrogen-bond donors (Lipinski definition) is 1. The lowest BCUT2D eigenvalue weighted by Gasteiger charge is -2.61. The summed E-state index contributed by atoms with van der Waals surface area (Å²) >= 11 is 0. The van der Waals surface area contributed by atoms with E-state index in [4.69, 9.17) is 0 Å². The first-order valence-corrected chi connectivity index (χ1v) is 9.36. The molecule has 0 aromatic heterocycles. The first-order chi connectivity index (χ1) is 9.68. The molecule has 0 aromatic carbocycles. The zero-order chi connectivity index (χ0) is 13.7. The van der Waals surface area contributed by atoms with Crippen molar-refractivity contribution in [3.05, 3.63) is 0 Å². The molecule has 0 spiro atoms. The van der Waals surface area contributed by atoms with Gasteiger partial charge in [0.25, 0.3) is 0 Å². The van der Waals surface area contributed by atoms with Gasteiger partial charge in [0.15, 0.2) is 0 Å². The molecule has 1 unspecified atom stereocenters. The second-order valence-corrected chi connectivity index (χ2v) is 9.07. The van der Waals surface area contributed by atoms with Crippen LogP contribution in [0.3, 0.4) is 0 Å². The van der Waals surface area contributed by atoms with Gasteiger partial charge in [-0.05, 0) is 93.4 Å². The minimum absolute atomic E-state index is 0.703. The Morgan fingerprint density at radius 1 is 0.850 bits per heavy atom. The molecule has 1 atom stereocenters. The summed E-state index contributed by atoms with van der Waals surface area (Å²) < 4.78 is 0. The first-order valence-electron chi connectivity index (χ1n) is 9.36. The fourth-order valence-electron chi connectivity index (χ4n) is 7.22. The van der Waals surface area contributed by atoms with Crippen molar-refractivity contribution >= 4 is 0 Å². The maximum absolute atomic E-state index is 3.84. The average Bonchev–Trinajstić information content (AvgIpc) is 2.40. The normalized spacial score (nSPS) is 52.2. The minimum atomic E-state index is 0.703. The van der Waals surface area contributed by atoms with Gasteiger partial charge in [0.1, 0.15) is 0 Å². The summed E-state index contributed by atoms with van der Waals surface area (Å²) in [7, 11) is 2.27. The van der Waals surface area contributed by atoms with Gasteiger partial charge in [-0.3, -0.25) is 0 Å². The lowest BCUT2D eigenvalue weighted by Crippen LogP contribution is -2.58. The lowest BCUT2D eigenvalue weighted by atomic mass is 9.46. The topological polar surface area (TPSA) is 12.0 Å². The molecule has 20 heavy (non-hydrogen) atoms. The van der Waals surface area contributed by atoms with Gasteiger partial charge in [-0.2, -0.15) is 0 Å². The molecule has 114 valence electrons. The Balaban J connectivity index is 1.55. The van der Waals surface area contributed by atoms with Crippen molar-refractivity contribution in [1.82, 2.24) is 5.32 Å². The molecule has 5 saturated carbocycles. The van der Waals surface area contributed by atoms with Crippen molar-refractivity contribution in [3.8, 4) is 0 Å². The fraction of sp³-hybridized carbons (Fsp3) is 1.00. The molecule has 0 amide bonds. The maximum atomic E-state index is 3.84. The summed E-state index contributed by atoms with van der Waals surface area (Å²) in [5.41, 5.74) is 0.703. The molecule has 5 aliphatic carbocycles. The summed E-state index contributed by atoms with van der Waals surface area (Å²) in [5.74, 6) is 5.26. The highest BCUT2D eigenvalue weighted by atomic mass is 14.9. The van der Waals surface area contributed by atoms with Crippen LogP contribution in [0.4, 0.5) is 0 Å². The summed E-state index contributed by atoms with van der Waals surface area (Å²) in [6.45, 7) is 2.45. The third kappa shape index (κ3) is 2.16. The van der Waals surface area contributed by atoms with Crippen LogP contribution < -0.4 is 5.32 Å². The number of hydrogen-bond acceptors (Lipinski definition) is 1. The van der Waals surface area contributed by atoms with Gasteiger partial charge in [-0.1, -0.05) is 19.8 Å². The molecule has 0 radical (unpaired) electrons. The van der Waals surface area contributed by atoms with E-state index in [9.17, 15) is 0 Å². The Kier molecular flexibility index (Phi) is 3.41. The van der Waals surface area contributed by atoms with E-state index in [2.05, 4.69) is 19.3 Å². The van der Waals surface area contributed by atoms with Crippen molar-refractivity contribution in [2.75, 3.05) is 7.05 Å². The third-order valence-corrected chi connectivity index (χ3v) is 7.59. The van der Waals surface area contributed by atoms with E-state index in [1.807, 2.05) is 0 Å². The summed E-state index contributed by atoms with van der Waals surface area (Å²) in [5, 5.41) is 3.84. The molecular weight excluding hydrogens is 242 g/mol. The highest BCUT2D eigenvalue weighted by molar-refractivity contribution is 5.07. The van der Waals surface area contributed by atoms with Gasteiger partial charge in [0, 0.05) is 6.04 Å². The molecular formula is C19H33N. The Bertz CT molecular complexity index is 317. The maximum Gasteiger partial charge on any atom is 0.0149 e. The van der Waals surface area contributed by atoms with Crippen molar-refractivity contribution in [2.45, 2.75) is 77.2 Å². The van der Waals surface area contributed by atoms with Gasteiger partial charge in [-0.25, -0.2) is 0 Å². The summed E-state index contributed by atoms with van der Waals surface area (Å²) in [6.07, 6.45) is 15.4. The molecule has 5 aliphatic rings. The Hall–Kier alpha value is -0.0400. The Labute approximate surface area is 125 Å². The van der Waals surface area contributed by atoms with E-state index in [0.717, 1.165) is 35.6 Å². The molecule has 1 N–H and O–H groups in total. The smallest absolute Gasteiger partial charge is 0.0149 e. The second kappa shape index (κ2) is 5.00. The molecule has 1 nitrogen and oxygen atoms in total. The highest BCUT2D eigenvalue weighted by Gasteiger charge is 2.55. The predicted octanol–water partition coefficient (Wildman–Crippen LogP) is 4.62. The van der Waals surface area contributed by atoms with Crippen LogP contribution in [0, 0.1) is 35.0 Å². The highest BCUT2D eigenvalue weighted by Crippen LogP contribution is 2.62. The van der Waals surface area contributed by atoms with Crippen LogP contribution in [0.25, 0.3) is 0 Å². The van der Waals surface area contributed by atoms with Gasteiger partial charge in [-0.15, -0.1) is 0 Å². The van der Waals surface area contributed by atoms with Crippen LogP contribution >= 0.6 is 0 Å². The van der Waals surface area contributed by atoms with Crippen LogP contribution in [0.5, 0.6) is 0 Å². The first kappa shape index (κ1) is 13.6. The lowest BCUT2D eigenvalue weighted by molar-refractivity contribution is -0.0872. The van der Waals surface area contributed by atoms with E-state index < -0.39 is 0 Å². The largest absolute Gasteiger partial charge is 0.316 e. The zero-order valence-electron chi connectivity index (χ0n) is 13.5. The van der Waals surface area contributed by atoms with Crippen molar-refractivity contribution < 1.29 is 0 Å². The quantitative estimate of drug-likeness (QED) is 0.792. The van der Waals surface area contributed by atoms with E-state index in [0.29, 0.717) is 5.41 Å². The molecule has 4 bridgehead atoms. The average molecular weight is 275 g/mol. The minimum Gasteiger partial charge on any atom is -0.316 e. The van der Waals surface area contributed by atoms with Crippen LogP contribution in [-0.2, 0) is 0 Å². The molecule has 0 aliphatic heterocycles. The molecule has 5 rings (SSSR count). The molecule has 0 saturated heterocycles. The molecule has 1 heteroatoms. The fourth-order valence-corrected chi connectivity index (χ4v) is 7.22. The van der Waals surface area contributed by atoms with Crippen LogP contribution in [0.15, 0.2) is 0 Å². The van der Waals surface area contributed by atoms with Gasteiger partial charge in [0.2, 0.25) is 0 Å². The number of rotatable bonds is 3. The van der Waals surface area contributed by atoms with E-state index in [-0.39, 0.29) is 0 Å². The van der Waals surface area contributed by atoms with Gasteiger partial charge >= 0.3 is 0 Å². The van der Waals surface area contributed by atoms with Crippen molar-refractivity contribution in [1.29, 1.82) is 0 Å². The van der Waals surface area contributed by atoms with Crippen molar-refractivity contribution in [2.24, 2.45) is 35.0 Å². The van der Waals surface area contributed by atoms with Gasteiger partial charge < -0.3 is 5.32 Å². The SMILES string of the molecule is CNC(C1CCC(C)CC1)C12CC3CC(CC(C3)C1)C2. The van der Waals surface area contributed by atoms with E-state index >= 15 is 0 Å². The number of nitrogens with one attached hydrogen (secondary N) is 1. The zero-order valence-corrected chi connectivity index (χ0v) is 13.5. The van der Waals surface area contributed by atoms with E-state index in [1.165, 1.54) is 25.7 Å². The summed E-state index contributed by atoms with van der Waals surface area (Å²) in [6, 6.07) is 0.836. The van der Waals surface area contributed by atoms with Crippen LogP contribution in [0.1, 0.15) is 71.1 Å². The monoisotopic (exact) mass is 275 g/mol. The standard InChI is InChI=1S/C19H33N/c1-13-3-5-17(6-4-13)18(20-2)19-10-14-7-15(11-19)9-16(8-14)12-19/h13-18,20H,3-12H2,1-2H3. The molecule has 0 heterocycles. The molecule has 5 fully saturated rings.